The molecule has 2 nitrogen and oxygen atoms in total. The summed E-state index contributed by atoms with van der Waals surface area (Å²) in [4.78, 5) is 11.4. The average Bonchev–Trinajstić information content (AvgIpc) is 2.38. The molecule has 0 unspecified atom stereocenters. The first-order chi connectivity index (χ1) is 6.11. The van der Waals surface area contributed by atoms with Gasteiger partial charge >= 0.3 is 0 Å². The van der Waals surface area contributed by atoms with E-state index in [2.05, 4.69) is 0 Å². The van der Waals surface area contributed by atoms with Crippen LogP contribution in [0.3, 0.4) is 0 Å². The van der Waals surface area contributed by atoms with E-state index in [0.717, 1.165) is 0 Å². The molecule has 1 aliphatic heterocycles. The number of ketones is 1. The van der Waals surface area contributed by atoms with Gasteiger partial charge in [-0.25, -0.2) is 0 Å². The van der Waals surface area contributed by atoms with Crippen molar-refractivity contribution in [1.82, 2.24) is 0 Å². The van der Waals surface area contributed by atoms with E-state index in [1.165, 1.54) is 0 Å². The highest BCUT2D eigenvalue weighted by Crippen LogP contribution is 2.39. The zero-order valence-electron chi connectivity index (χ0n) is 6.80. The normalized spacial score (nSPS) is 19.9. The van der Waals surface area contributed by atoms with Crippen LogP contribution in [-0.4, -0.2) is 11.9 Å². The van der Waals surface area contributed by atoms with Gasteiger partial charge in [0.25, 0.3) is 0 Å². The fraction of sp³-hybridized carbons (Fsp3) is 0.222. The van der Waals surface area contributed by atoms with Crippen molar-refractivity contribution in [2.45, 2.75) is 13.0 Å². The van der Waals surface area contributed by atoms with Crippen LogP contribution < -0.4 is 4.74 Å². The summed E-state index contributed by atoms with van der Waals surface area (Å²) in [6.45, 7) is 1.69. The summed E-state index contributed by atoms with van der Waals surface area (Å²) >= 11 is 11.6. The minimum Gasteiger partial charge on any atom is -0.480 e. The van der Waals surface area contributed by atoms with Crippen LogP contribution in [-0.2, 0) is 0 Å². The van der Waals surface area contributed by atoms with E-state index in [1.807, 2.05) is 0 Å². The highest BCUT2D eigenvalue weighted by Gasteiger charge is 2.31. The molecule has 0 N–H and O–H groups in total. The van der Waals surface area contributed by atoms with Crippen LogP contribution in [0.1, 0.15) is 17.3 Å². The molecule has 1 aromatic rings. The van der Waals surface area contributed by atoms with Gasteiger partial charge in [-0.2, -0.15) is 0 Å². The van der Waals surface area contributed by atoms with Crippen LogP contribution >= 0.6 is 23.2 Å². The summed E-state index contributed by atoms with van der Waals surface area (Å²) < 4.78 is 5.26. The maximum Gasteiger partial charge on any atom is 0.206 e. The third-order valence-corrected chi connectivity index (χ3v) is 2.77. The standard InChI is InChI=1S/C9H6Cl2O2/c1-4-8(12)5-2-3-6(10)7(11)9(5)13-4/h2-4H,1H3/t4-/m1/s1. The SMILES string of the molecule is C[C@H]1Oc2c(ccc(Cl)c2Cl)C1=O. The van der Waals surface area contributed by atoms with Gasteiger partial charge in [0.2, 0.25) is 5.78 Å². The van der Waals surface area contributed by atoms with E-state index in [4.69, 9.17) is 27.9 Å². The Bertz CT molecular complexity index is 387. The molecule has 0 amide bonds. The monoisotopic (exact) mass is 216 g/mol. The van der Waals surface area contributed by atoms with E-state index in [1.54, 1.807) is 19.1 Å². The molecule has 0 saturated carbocycles. The third-order valence-electron chi connectivity index (χ3n) is 1.98. The molecule has 1 heterocycles. The molecule has 1 atom stereocenters. The van der Waals surface area contributed by atoms with E-state index < -0.39 is 6.10 Å². The van der Waals surface area contributed by atoms with Crippen LogP contribution in [0.15, 0.2) is 12.1 Å². The lowest BCUT2D eigenvalue weighted by atomic mass is 10.1. The first-order valence-electron chi connectivity index (χ1n) is 3.80. The van der Waals surface area contributed by atoms with Gasteiger partial charge in [-0.05, 0) is 19.1 Å². The van der Waals surface area contributed by atoms with Gasteiger partial charge < -0.3 is 4.74 Å². The predicted octanol–water partition coefficient (Wildman–Crippen LogP) is 2.96. The van der Waals surface area contributed by atoms with Gasteiger partial charge in [-0.1, -0.05) is 23.2 Å². The number of halogens is 2. The molecular weight excluding hydrogens is 211 g/mol. The van der Waals surface area contributed by atoms with E-state index >= 15 is 0 Å². The summed E-state index contributed by atoms with van der Waals surface area (Å²) in [6.07, 6.45) is -0.453. The summed E-state index contributed by atoms with van der Waals surface area (Å²) in [5, 5.41) is 0.721. The molecule has 1 aromatic carbocycles. The molecule has 0 spiro atoms. The van der Waals surface area contributed by atoms with Gasteiger partial charge in [-0.15, -0.1) is 0 Å². The molecule has 1 aliphatic rings. The lowest BCUT2D eigenvalue weighted by Crippen LogP contribution is -2.14. The largest absolute Gasteiger partial charge is 0.480 e. The molecule has 0 fully saturated rings. The van der Waals surface area contributed by atoms with E-state index in [-0.39, 0.29) is 5.78 Å². The molecular formula is C9H6Cl2O2. The maximum atomic E-state index is 11.4. The van der Waals surface area contributed by atoms with Crippen molar-refractivity contribution in [1.29, 1.82) is 0 Å². The topological polar surface area (TPSA) is 26.3 Å². The molecule has 4 heteroatoms. The predicted molar refractivity (Wildman–Crippen MR) is 50.9 cm³/mol. The number of rotatable bonds is 0. The molecule has 0 bridgehead atoms. The van der Waals surface area contributed by atoms with Gasteiger partial charge in [0.1, 0.15) is 5.02 Å². The summed E-state index contributed by atoms with van der Waals surface area (Å²) in [6, 6.07) is 3.23. The van der Waals surface area contributed by atoms with E-state index in [0.29, 0.717) is 21.4 Å². The Morgan fingerprint density at radius 1 is 1.38 bits per heavy atom. The van der Waals surface area contributed by atoms with Gasteiger partial charge in [-0.3, -0.25) is 4.79 Å². The van der Waals surface area contributed by atoms with Crippen molar-refractivity contribution in [2.75, 3.05) is 0 Å². The molecule has 0 aromatic heterocycles. The second-order valence-corrected chi connectivity index (χ2v) is 3.65. The fourth-order valence-electron chi connectivity index (χ4n) is 1.29. The number of fused-ring (bicyclic) bond motifs is 1. The number of hydrogen-bond acceptors (Lipinski definition) is 2. The first-order valence-corrected chi connectivity index (χ1v) is 4.55. The maximum absolute atomic E-state index is 11.4. The van der Waals surface area contributed by atoms with Crippen molar-refractivity contribution < 1.29 is 9.53 Å². The van der Waals surface area contributed by atoms with Crippen LogP contribution in [0, 0.1) is 0 Å². The fourth-order valence-corrected chi connectivity index (χ4v) is 1.65. The second-order valence-electron chi connectivity index (χ2n) is 2.86. The Labute approximate surface area is 85.4 Å². The summed E-state index contributed by atoms with van der Waals surface area (Å²) in [5.74, 6) is 0.361. The summed E-state index contributed by atoms with van der Waals surface area (Å²) in [5.41, 5.74) is 0.516. The Morgan fingerprint density at radius 3 is 2.77 bits per heavy atom. The summed E-state index contributed by atoms with van der Waals surface area (Å²) in [7, 11) is 0. The number of ether oxygens (including phenoxy) is 1. The highest BCUT2D eigenvalue weighted by atomic mass is 35.5. The zero-order valence-corrected chi connectivity index (χ0v) is 8.32. The Morgan fingerprint density at radius 2 is 2.08 bits per heavy atom. The number of carbonyl (C=O) groups is 1. The minimum absolute atomic E-state index is 0.0476. The van der Waals surface area contributed by atoms with Gasteiger partial charge in [0.05, 0.1) is 10.6 Å². The van der Waals surface area contributed by atoms with Crippen LogP contribution in [0.4, 0.5) is 0 Å². The van der Waals surface area contributed by atoms with Crippen LogP contribution in [0.25, 0.3) is 0 Å². The Hall–Kier alpha value is -0.730. The van der Waals surface area contributed by atoms with Crippen molar-refractivity contribution in [3.8, 4) is 5.75 Å². The first kappa shape index (κ1) is 8.85. The number of Topliss-reactive ketones (excluding diaryl/α,β-unsaturated/α-hetero) is 1. The number of benzene rings is 1. The lowest BCUT2D eigenvalue weighted by Gasteiger charge is -2.03. The lowest BCUT2D eigenvalue weighted by molar-refractivity contribution is 0.0878. The van der Waals surface area contributed by atoms with E-state index in [9.17, 15) is 4.79 Å². The molecule has 0 aliphatic carbocycles. The molecule has 0 saturated heterocycles. The minimum atomic E-state index is -0.453. The van der Waals surface area contributed by atoms with Gasteiger partial charge in [0, 0.05) is 0 Å². The quantitative estimate of drug-likeness (QED) is 0.667. The Kier molecular flexibility index (Phi) is 1.97. The zero-order chi connectivity index (χ0) is 9.59. The number of carbonyl (C=O) groups excluding carboxylic acids is 1. The molecule has 68 valence electrons. The average molecular weight is 217 g/mol. The molecule has 13 heavy (non-hydrogen) atoms. The van der Waals surface area contributed by atoms with Crippen molar-refractivity contribution >= 4 is 29.0 Å². The Balaban J connectivity index is 2.64. The molecule has 0 radical (unpaired) electrons. The van der Waals surface area contributed by atoms with Gasteiger partial charge in [0.15, 0.2) is 11.9 Å². The van der Waals surface area contributed by atoms with Crippen molar-refractivity contribution in [3.63, 3.8) is 0 Å². The number of hydrogen-bond donors (Lipinski definition) is 0. The second kappa shape index (κ2) is 2.89. The third kappa shape index (κ3) is 1.21. The van der Waals surface area contributed by atoms with Crippen LogP contribution in [0.2, 0.25) is 10.0 Å². The highest BCUT2D eigenvalue weighted by molar-refractivity contribution is 6.43. The van der Waals surface area contributed by atoms with Crippen LogP contribution in [0.5, 0.6) is 5.75 Å². The smallest absolute Gasteiger partial charge is 0.206 e. The molecule has 2 rings (SSSR count). The van der Waals surface area contributed by atoms with Crippen molar-refractivity contribution in [2.24, 2.45) is 0 Å². The van der Waals surface area contributed by atoms with Crippen molar-refractivity contribution in [3.05, 3.63) is 27.7 Å².